The summed E-state index contributed by atoms with van der Waals surface area (Å²) in [6.45, 7) is 0. The van der Waals surface area contributed by atoms with Crippen molar-refractivity contribution in [3.8, 4) is 6.07 Å². The molecule has 1 aliphatic rings. The fourth-order valence-electron chi connectivity index (χ4n) is 0.537. The molecule has 7 heteroatoms. The lowest BCUT2D eigenvalue weighted by molar-refractivity contribution is 0.409. The van der Waals surface area contributed by atoms with Gasteiger partial charge in [-0.25, -0.2) is 0 Å². The molecule has 0 unspecified atom stereocenters. The number of sulfonamides is 1. The number of nitrogens with zero attached hydrogens (tertiary/aromatic N) is 2. The van der Waals surface area contributed by atoms with Crippen molar-refractivity contribution >= 4 is 15.9 Å². The van der Waals surface area contributed by atoms with Crippen molar-refractivity contribution < 1.29 is 18.6 Å². The van der Waals surface area contributed by atoms with E-state index in [0.29, 0.717) is 0 Å². The van der Waals surface area contributed by atoms with Crippen molar-refractivity contribution in [2.45, 2.75) is 0 Å². The number of hydrogen-bond donors (Lipinski definition) is 2. The maximum Gasteiger partial charge on any atom is 0.299 e. The molecule has 0 atom stereocenters. The topological polar surface area (TPSA) is 111 Å². The molecule has 1 aliphatic heterocycles. The second-order valence-electron chi connectivity index (χ2n) is 1.68. The van der Waals surface area contributed by atoms with Gasteiger partial charge >= 0.3 is 0 Å². The third kappa shape index (κ3) is 0.929. The highest BCUT2D eigenvalue weighted by Gasteiger charge is 2.32. The summed E-state index contributed by atoms with van der Waals surface area (Å²) >= 11 is 0. The van der Waals surface area contributed by atoms with E-state index in [1.807, 2.05) is 0 Å². The Morgan fingerprint density at radius 3 is 2.18 bits per heavy atom. The molecule has 1 heterocycles. The fourth-order valence-corrected chi connectivity index (χ4v) is 1.39. The van der Waals surface area contributed by atoms with Crippen LogP contribution in [0.2, 0.25) is 0 Å². The maximum absolute atomic E-state index is 10.6. The standard InChI is InChI=1S/C4H2N2O4S/c5-1-2-3(7)4(8)6-11(2,9)10/h7H,(H,6,8). The van der Waals surface area contributed by atoms with Crippen molar-refractivity contribution in [2.75, 3.05) is 0 Å². The zero-order valence-corrected chi connectivity index (χ0v) is 5.83. The zero-order chi connectivity index (χ0) is 8.65. The third-order valence-electron chi connectivity index (χ3n) is 0.993. The Bertz CT molecular complexity index is 396. The minimum Gasteiger partial charge on any atom is -0.502 e. The SMILES string of the molecule is N#CC1=C(O)C(O)=NS1(=O)=O. The summed E-state index contributed by atoms with van der Waals surface area (Å²) in [6.07, 6.45) is 0. The van der Waals surface area contributed by atoms with Crippen molar-refractivity contribution in [1.29, 1.82) is 5.26 Å². The Balaban J connectivity index is 3.48. The van der Waals surface area contributed by atoms with Crippen LogP contribution in [0, 0.1) is 11.3 Å². The summed E-state index contributed by atoms with van der Waals surface area (Å²) < 4.78 is 23.9. The van der Waals surface area contributed by atoms with E-state index >= 15 is 0 Å². The predicted molar refractivity (Wildman–Crippen MR) is 34.3 cm³/mol. The van der Waals surface area contributed by atoms with Gasteiger partial charge < -0.3 is 10.2 Å². The highest BCUT2D eigenvalue weighted by molar-refractivity contribution is 7.94. The van der Waals surface area contributed by atoms with Gasteiger partial charge in [0.15, 0.2) is 0 Å². The first-order valence-corrected chi connectivity index (χ1v) is 3.80. The molecule has 58 valence electrons. The molecule has 0 radical (unpaired) electrons. The van der Waals surface area contributed by atoms with Gasteiger partial charge in [0.2, 0.25) is 10.7 Å². The van der Waals surface area contributed by atoms with Gasteiger partial charge in [0.25, 0.3) is 15.9 Å². The Kier molecular flexibility index (Phi) is 1.35. The van der Waals surface area contributed by atoms with Gasteiger partial charge in [-0.15, -0.1) is 4.40 Å². The maximum atomic E-state index is 10.6. The fraction of sp³-hybridized carbons (Fsp3) is 0. The third-order valence-corrected chi connectivity index (χ3v) is 2.21. The Morgan fingerprint density at radius 2 is 2.00 bits per heavy atom. The van der Waals surface area contributed by atoms with Gasteiger partial charge in [0, 0.05) is 0 Å². The number of allylic oxidation sites excluding steroid dienone is 1. The molecule has 0 saturated heterocycles. The highest BCUT2D eigenvalue weighted by Crippen LogP contribution is 2.19. The van der Waals surface area contributed by atoms with Crippen LogP contribution in [-0.2, 0) is 10.0 Å². The molecular formula is C4H2N2O4S. The van der Waals surface area contributed by atoms with Gasteiger partial charge in [-0.05, 0) is 0 Å². The van der Waals surface area contributed by atoms with Crippen LogP contribution in [0.25, 0.3) is 0 Å². The molecule has 0 aromatic rings. The highest BCUT2D eigenvalue weighted by atomic mass is 32.2. The van der Waals surface area contributed by atoms with E-state index in [1.165, 1.54) is 6.07 Å². The van der Waals surface area contributed by atoms with Gasteiger partial charge in [-0.1, -0.05) is 0 Å². The molecule has 0 aromatic heterocycles. The predicted octanol–water partition coefficient (Wildman–Crippen LogP) is -0.421. The summed E-state index contributed by atoms with van der Waals surface area (Å²) in [5.41, 5.74) is 0. The quantitative estimate of drug-likeness (QED) is 0.518. The van der Waals surface area contributed by atoms with Crippen LogP contribution in [0.1, 0.15) is 0 Å². The average Bonchev–Trinajstić information content (AvgIpc) is 2.03. The lowest BCUT2D eigenvalue weighted by Crippen LogP contribution is -1.96. The summed E-state index contributed by atoms with van der Waals surface area (Å²) in [7, 11) is -4.13. The molecule has 0 fully saturated rings. The molecule has 11 heavy (non-hydrogen) atoms. The van der Waals surface area contributed by atoms with E-state index in [9.17, 15) is 8.42 Å². The van der Waals surface area contributed by atoms with Crippen LogP contribution in [0.15, 0.2) is 15.1 Å². The molecular weight excluding hydrogens is 172 g/mol. The average molecular weight is 174 g/mol. The molecule has 0 bridgehead atoms. The summed E-state index contributed by atoms with van der Waals surface area (Å²) in [6, 6.07) is 1.20. The number of hydrogen-bond acceptors (Lipinski definition) is 4. The van der Waals surface area contributed by atoms with Gasteiger partial charge in [0.1, 0.15) is 6.07 Å². The van der Waals surface area contributed by atoms with Crippen molar-refractivity contribution in [3.05, 3.63) is 10.7 Å². The molecule has 0 spiro atoms. The van der Waals surface area contributed by atoms with Crippen LogP contribution in [0.3, 0.4) is 0 Å². The van der Waals surface area contributed by atoms with E-state index in [4.69, 9.17) is 15.5 Å². The summed E-state index contributed by atoms with van der Waals surface area (Å²) in [4.78, 5) is -0.921. The first-order chi connectivity index (χ1) is 4.99. The molecule has 2 N–H and O–H groups in total. The Labute approximate surface area is 61.8 Å². The minimum absolute atomic E-state index is 0.921. The minimum atomic E-state index is -4.13. The van der Waals surface area contributed by atoms with Crippen LogP contribution < -0.4 is 0 Å². The van der Waals surface area contributed by atoms with E-state index in [-0.39, 0.29) is 0 Å². The van der Waals surface area contributed by atoms with E-state index in [1.54, 1.807) is 0 Å². The summed E-state index contributed by atoms with van der Waals surface area (Å²) in [5, 5.41) is 25.4. The van der Waals surface area contributed by atoms with E-state index in [0.717, 1.165) is 0 Å². The first-order valence-electron chi connectivity index (χ1n) is 2.36. The summed E-state index contributed by atoms with van der Waals surface area (Å²) in [5.74, 6) is -2.03. The van der Waals surface area contributed by atoms with Crippen molar-refractivity contribution in [1.82, 2.24) is 0 Å². The Morgan fingerprint density at radius 1 is 1.45 bits per heavy atom. The number of aliphatic hydroxyl groups excluding tert-OH is 2. The molecule has 6 nitrogen and oxygen atoms in total. The van der Waals surface area contributed by atoms with Gasteiger partial charge in [-0.2, -0.15) is 13.7 Å². The molecule has 0 aliphatic carbocycles. The molecule has 0 saturated carbocycles. The lowest BCUT2D eigenvalue weighted by atomic mass is 10.4. The van der Waals surface area contributed by atoms with Gasteiger partial charge in [-0.3, -0.25) is 0 Å². The molecule has 0 aromatic carbocycles. The number of aliphatic hydroxyl groups is 2. The zero-order valence-electron chi connectivity index (χ0n) is 5.01. The molecule has 0 amide bonds. The normalized spacial score (nSPS) is 21.2. The van der Waals surface area contributed by atoms with Gasteiger partial charge in [0.05, 0.1) is 0 Å². The van der Waals surface area contributed by atoms with Crippen molar-refractivity contribution in [2.24, 2.45) is 4.40 Å². The van der Waals surface area contributed by atoms with Crippen LogP contribution in [0.5, 0.6) is 0 Å². The number of nitriles is 1. The monoisotopic (exact) mass is 174 g/mol. The smallest absolute Gasteiger partial charge is 0.299 e. The second-order valence-corrected chi connectivity index (χ2v) is 3.22. The Hall–Kier alpha value is -1.55. The van der Waals surface area contributed by atoms with E-state index < -0.39 is 26.6 Å². The second kappa shape index (κ2) is 1.96. The van der Waals surface area contributed by atoms with E-state index in [2.05, 4.69) is 4.40 Å². The van der Waals surface area contributed by atoms with Crippen molar-refractivity contribution in [3.63, 3.8) is 0 Å². The molecule has 1 rings (SSSR count). The lowest BCUT2D eigenvalue weighted by Gasteiger charge is -1.85. The number of rotatable bonds is 0. The van der Waals surface area contributed by atoms with Crippen LogP contribution in [-0.4, -0.2) is 24.5 Å². The van der Waals surface area contributed by atoms with Crippen LogP contribution >= 0.6 is 0 Å². The first kappa shape index (κ1) is 7.56. The van der Waals surface area contributed by atoms with Crippen LogP contribution in [0.4, 0.5) is 0 Å². The largest absolute Gasteiger partial charge is 0.502 e.